The van der Waals surface area contributed by atoms with Crippen molar-refractivity contribution in [3.8, 4) is 5.75 Å². The average molecular weight is 380 g/mol. The van der Waals surface area contributed by atoms with Crippen molar-refractivity contribution in [3.63, 3.8) is 0 Å². The van der Waals surface area contributed by atoms with Crippen LogP contribution in [0.1, 0.15) is 45.7 Å². The molecule has 2 aromatic carbocycles. The van der Waals surface area contributed by atoms with Crippen molar-refractivity contribution in [3.05, 3.63) is 53.6 Å². The quantitative estimate of drug-likeness (QED) is 0.857. The fourth-order valence-corrected chi connectivity index (χ4v) is 3.23. The van der Waals surface area contributed by atoms with Crippen LogP contribution in [-0.2, 0) is 15.0 Å². The molecule has 3 rings (SSSR count). The second-order valence-electron chi connectivity index (χ2n) is 8.85. The molecule has 1 aliphatic rings. The third-order valence-corrected chi connectivity index (χ3v) is 4.87. The van der Waals surface area contributed by atoms with Gasteiger partial charge in [-0.3, -0.25) is 14.5 Å². The smallest absolute Gasteiger partial charge is 0.271 e. The van der Waals surface area contributed by atoms with Crippen LogP contribution in [0, 0.1) is 6.92 Å². The van der Waals surface area contributed by atoms with Crippen LogP contribution in [0.15, 0.2) is 42.5 Å². The Labute approximate surface area is 166 Å². The second kappa shape index (κ2) is 6.97. The number of hydrogen-bond donors (Lipinski definition) is 1. The molecule has 2 amide bonds. The lowest BCUT2D eigenvalue weighted by Gasteiger charge is -2.38. The normalized spacial score (nSPS) is 15.6. The summed E-state index contributed by atoms with van der Waals surface area (Å²) in [6.07, 6.45) is 0. The maximum atomic E-state index is 12.9. The monoisotopic (exact) mass is 380 g/mol. The number of ether oxygens (including phenoxy) is 1. The van der Waals surface area contributed by atoms with Crippen LogP contribution in [0.25, 0.3) is 0 Å². The molecule has 5 nitrogen and oxygen atoms in total. The van der Waals surface area contributed by atoms with E-state index in [9.17, 15) is 9.59 Å². The molecular formula is C23H28N2O3. The van der Waals surface area contributed by atoms with Crippen LogP contribution in [0.3, 0.4) is 0 Å². The molecule has 0 unspecified atom stereocenters. The van der Waals surface area contributed by atoms with E-state index in [0.29, 0.717) is 17.1 Å². The number of benzene rings is 2. The molecular weight excluding hydrogens is 352 g/mol. The zero-order chi connectivity index (χ0) is 20.7. The summed E-state index contributed by atoms with van der Waals surface area (Å²) < 4.78 is 5.84. The fraction of sp³-hybridized carbons (Fsp3) is 0.391. The molecule has 0 radical (unpaired) electrons. The summed E-state index contributed by atoms with van der Waals surface area (Å²) in [5, 5.41) is 2.89. The largest absolute Gasteiger partial charge is 0.476 e. The highest BCUT2D eigenvalue weighted by Crippen LogP contribution is 2.38. The van der Waals surface area contributed by atoms with Gasteiger partial charge in [0.05, 0.1) is 5.69 Å². The Morgan fingerprint density at radius 3 is 2.36 bits per heavy atom. The van der Waals surface area contributed by atoms with Gasteiger partial charge in [0.2, 0.25) is 5.91 Å². The number of rotatable bonds is 3. The van der Waals surface area contributed by atoms with Gasteiger partial charge in [0.1, 0.15) is 12.3 Å². The van der Waals surface area contributed by atoms with Crippen molar-refractivity contribution in [2.75, 3.05) is 16.8 Å². The zero-order valence-corrected chi connectivity index (χ0v) is 17.4. The molecule has 148 valence electrons. The molecule has 0 bridgehead atoms. The first-order chi connectivity index (χ1) is 13.0. The highest BCUT2D eigenvalue weighted by atomic mass is 16.5. The number of fused-ring (bicyclic) bond motifs is 1. The van der Waals surface area contributed by atoms with Gasteiger partial charge in [0, 0.05) is 5.69 Å². The van der Waals surface area contributed by atoms with Crippen LogP contribution in [0.5, 0.6) is 5.75 Å². The molecule has 0 saturated carbocycles. The summed E-state index contributed by atoms with van der Waals surface area (Å²) in [4.78, 5) is 27.1. The van der Waals surface area contributed by atoms with E-state index in [1.807, 2.05) is 49.4 Å². The van der Waals surface area contributed by atoms with E-state index in [1.165, 1.54) is 10.5 Å². The zero-order valence-electron chi connectivity index (χ0n) is 17.4. The molecule has 0 aliphatic carbocycles. The minimum atomic E-state index is -1.02. The maximum Gasteiger partial charge on any atom is 0.271 e. The van der Waals surface area contributed by atoms with Crippen LogP contribution >= 0.6 is 0 Å². The molecule has 0 saturated heterocycles. The first-order valence-corrected chi connectivity index (χ1v) is 9.49. The van der Waals surface area contributed by atoms with Gasteiger partial charge in [-0.25, -0.2) is 0 Å². The predicted molar refractivity (Wildman–Crippen MR) is 112 cm³/mol. The van der Waals surface area contributed by atoms with Gasteiger partial charge in [-0.2, -0.15) is 0 Å². The first-order valence-electron chi connectivity index (χ1n) is 9.49. The Morgan fingerprint density at radius 2 is 1.75 bits per heavy atom. The number of nitrogens with zero attached hydrogens (tertiary/aromatic N) is 1. The molecule has 2 aromatic rings. The van der Waals surface area contributed by atoms with Crippen molar-refractivity contribution in [1.29, 1.82) is 0 Å². The van der Waals surface area contributed by atoms with Crippen molar-refractivity contribution in [2.24, 2.45) is 0 Å². The lowest BCUT2D eigenvalue weighted by atomic mass is 9.87. The summed E-state index contributed by atoms with van der Waals surface area (Å²) in [6.45, 7) is 11.7. The van der Waals surface area contributed by atoms with Crippen molar-refractivity contribution < 1.29 is 14.3 Å². The summed E-state index contributed by atoms with van der Waals surface area (Å²) in [5.74, 6) is 0.128. The molecule has 0 fully saturated rings. The maximum absolute atomic E-state index is 12.9. The van der Waals surface area contributed by atoms with E-state index in [-0.39, 0.29) is 23.8 Å². The Bertz CT molecular complexity index is 908. The van der Waals surface area contributed by atoms with Crippen LogP contribution in [0.4, 0.5) is 11.4 Å². The lowest BCUT2D eigenvalue weighted by molar-refractivity contribution is -0.133. The van der Waals surface area contributed by atoms with E-state index in [2.05, 4.69) is 26.1 Å². The van der Waals surface area contributed by atoms with Gasteiger partial charge in [-0.05, 0) is 61.6 Å². The third-order valence-electron chi connectivity index (χ3n) is 4.87. The highest BCUT2D eigenvalue weighted by Gasteiger charge is 2.41. The van der Waals surface area contributed by atoms with Gasteiger partial charge in [0.15, 0.2) is 5.60 Å². The highest BCUT2D eigenvalue weighted by molar-refractivity contribution is 6.07. The van der Waals surface area contributed by atoms with Crippen LogP contribution in [-0.4, -0.2) is 24.0 Å². The van der Waals surface area contributed by atoms with Gasteiger partial charge in [0.25, 0.3) is 5.91 Å². The van der Waals surface area contributed by atoms with Gasteiger partial charge in [-0.1, -0.05) is 39.0 Å². The van der Waals surface area contributed by atoms with Crippen molar-refractivity contribution in [2.45, 2.75) is 52.6 Å². The first kappa shape index (κ1) is 19.9. The van der Waals surface area contributed by atoms with E-state index >= 15 is 0 Å². The van der Waals surface area contributed by atoms with Crippen molar-refractivity contribution in [1.82, 2.24) is 0 Å². The van der Waals surface area contributed by atoms with E-state index in [0.717, 1.165) is 5.56 Å². The van der Waals surface area contributed by atoms with E-state index in [4.69, 9.17) is 4.74 Å². The predicted octanol–water partition coefficient (Wildman–Crippen LogP) is 4.44. The fourth-order valence-electron chi connectivity index (χ4n) is 3.23. The topological polar surface area (TPSA) is 58.6 Å². The molecule has 5 heteroatoms. The van der Waals surface area contributed by atoms with E-state index < -0.39 is 5.60 Å². The minimum Gasteiger partial charge on any atom is -0.476 e. The molecule has 0 atom stereocenters. The van der Waals surface area contributed by atoms with E-state index in [1.54, 1.807) is 13.8 Å². The number of carbonyl (C=O) groups is 2. The molecule has 0 spiro atoms. The Kier molecular flexibility index (Phi) is 4.96. The Hall–Kier alpha value is -2.82. The number of carbonyl (C=O) groups excluding carboxylic acids is 2. The molecule has 1 aliphatic heterocycles. The standard InChI is InChI=1S/C23H28N2O3/c1-15-7-12-19-18(13-15)25(21(27)23(5,6)28-19)14-20(26)24-17-10-8-16(9-11-17)22(2,3)4/h7-13H,14H2,1-6H3,(H,24,26). The van der Waals surface area contributed by atoms with Gasteiger partial charge < -0.3 is 10.1 Å². The Balaban J connectivity index is 1.79. The number of amides is 2. The molecule has 1 N–H and O–H groups in total. The van der Waals surface area contributed by atoms with Crippen LogP contribution in [0.2, 0.25) is 0 Å². The summed E-state index contributed by atoms with van der Waals surface area (Å²) in [5.41, 5.74) is 2.57. The minimum absolute atomic E-state index is 0.0515. The molecule has 0 aromatic heterocycles. The number of anilines is 2. The average Bonchev–Trinajstić information content (AvgIpc) is 2.59. The number of hydrogen-bond acceptors (Lipinski definition) is 3. The molecule has 28 heavy (non-hydrogen) atoms. The van der Waals surface area contributed by atoms with Gasteiger partial charge >= 0.3 is 0 Å². The molecule has 1 heterocycles. The number of aryl methyl sites for hydroxylation is 1. The second-order valence-corrected chi connectivity index (χ2v) is 8.85. The summed E-state index contributed by atoms with van der Waals surface area (Å²) in [7, 11) is 0. The lowest BCUT2D eigenvalue weighted by Crippen LogP contribution is -2.54. The van der Waals surface area contributed by atoms with Crippen LogP contribution < -0.4 is 15.0 Å². The summed E-state index contributed by atoms with van der Waals surface area (Å²) >= 11 is 0. The SMILES string of the molecule is Cc1ccc2c(c1)N(CC(=O)Nc1ccc(C(C)(C)C)cc1)C(=O)C(C)(C)O2. The summed E-state index contributed by atoms with van der Waals surface area (Å²) in [6, 6.07) is 13.4. The third kappa shape index (κ3) is 4.03. The number of nitrogens with one attached hydrogen (secondary N) is 1. The van der Waals surface area contributed by atoms with Crippen molar-refractivity contribution >= 4 is 23.2 Å². The van der Waals surface area contributed by atoms with Gasteiger partial charge in [-0.15, -0.1) is 0 Å². The Morgan fingerprint density at radius 1 is 1.11 bits per heavy atom.